The van der Waals surface area contributed by atoms with Crippen LogP contribution in [0.3, 0.4) is 0 Å². The van der Waals surface area contributed by atoms with E-state index in [1.807, 2.05) is 0 Å². The third-order valence-corrected chi connectivity index (χ3v) is 4.60. The molecule has 1 heterocycles. The molecule has 0 unspecified atom stereocenters. The van der Waals surface area contributed by atoms with Gasteiger partial charge in [-0.2, -0.15) is 5.26 Å². The number of benzene rings is 1. The highest BCUT2D eigenvalue weighted by Gasteiger charge is 2.46. The average molecular weight is 240 g/mol. The summed E-state index contributed by atoms with van der Waals surface area (Å²) < 4.78 is 0. The summed E-state index contributed by atoms with van der Waals surface area (Å²) in [6, 6.07) is 13.2. The fourth-order valence-electron chi connectivity index (χ4n) is 3.80. The molecule has 3 atom stereocenters. The van der Waals surface area contributed by atoms with Crippen molar-refractivity contribution in [2.45, 2.75) is 26.3 Å². The van der Waals surface area contributed by atoms with Crippen molar-refractivity contribution >= 4 is 0 Å². The minimum atomic E-state index is -0.0475. The second-order valence-corrected chi connectivity index (χ2v) is 6.28. The third-order valence-electron chi connectivity index (χ3n) is 4.60. The molecule has 94 valence electrons. The van der Waals surface area contributed by atoms with Crippen molar-refractivity contribution in [3.63, 3.8) is 0 Å². The maximum Gasteiger partial charge on any atom is 0.0687 e. The lowest BCUT2D eigenvalue weighted by Crippen LogP contribution is -2.23. The molecule has 1 aromatic carbocycles. The molecule has 18 heavy (non-hydrogen) atoms. The van der Waals surface area contributed by atoms with Gasteiger partial charge in [-0.05, 0) is 37.2 Å². The van der Waals surface area contributed by atoms with Gasteiger partial charge in [-0.3, -0.25) is 4.90 Å². The van der Waals surface area contributed by atoms with Crippen molar-refractivity contribution in [2.75, 3.05) is 13.1 Å². The summed E-state index contributed by atoms with van der Waals surface area (Å²) in [4.78, 5) is 2.56. The van der Waals surface area contributed by atoms with Crippen molar-refractivity contribution in [2.24, 2.45) is 17.3 Å². The number of hydrogen-bond donors (Lipinski definition) is 0. The Morgan fingerprint density at radius 1 is 1.22 bits per heavy atom. The number of nitriles is 1. The average Bonchev–Trinajstić information content (AvgIpc) is 2.85. The lowest BCUT2D eigenvalue weighted by molar-refractivity contribution is 0.277. The Labute approximate surface area is 109 Å². The molecule has 1 saturated heterocycles. The van der Waals surface area contributed by atoms with Crippen LogP contribution in [0.15, 0.2) is 30.3 Å². The second-order valence-electron chi connectivity index (χ2n) is 6.28. The lowest BCUT2D eigenvalue weighted by Gasteiger charge is -2.20. The Morgan fingerprint density at radius 2 is 1.83 bits per heavy atom. The molecule has 0 spiro atoms. The first-order valence-corrected chi connectivity index (χ1v) is 6.86. The molecule has 2 aliphatic rings. The molecule has 1 aliphatic carbocycles. The van der Waals surface area contributed by atoms with E-state index < -0.39 is 0 Å². The summed E-state index contributed by atoms with van der Waals surface area (Å²) in [6.07, 6.45) is 2.19. The summed E-state index contributed by atoms with van der Waals surface area (Å²) in [6.45, 7) is 5.55. The molecule has 1 saturated carbocycles. The van der Waals surface area contributed by atoms with E-state index in [0.717, 1.165) is 31.2 Å². The minimum Gasteiger partial charge on any atom is -0.299 e. The molecular formula is C16H20N2. The van der Waals surface area contributed by atoms with Gasteiger partial charge in [-0.15, -0.1) is 0 Å². The smallest absolute Gasteiger partial charge is 0.0687 e. The monoisotopic (exact) mass is 240 g/mol. The van der Waals surface area contributed by atoms with Crippen LogP contribution in [0.2, 0.25) is 0 Å². The predicted octanol–water partition coefficient (Wildman–Crippen LogP) is 3.06. The van der Waals surface area contributed by atoms with Crippen molar-refractivity contribution in [3.8, 4) is 6.07 Å². The molecular weight excluding hydrogens is 220 g/mol. The van der Waals surface area contributed by atoms with Crippen LogP contribution in [0, 0.1) is 28.6 Å². The van der Waals surface area contributed by atoms with Gasteiger partial charge in [0.05, 0.1) is 11.5 Å². The van der Waals surface area contributed by atoms with Gasteiger partial charge in [-0.25, -0.2) is 0 Å². The molecule has 2 nitrogen and oxygen atoms in total. The van der Waals surface area contributed by atoms with Crippen LogP contribution in [0.5, 0.6) is 0 Å². The standard InChI is InChI=1S/C16H20N2/c1-16(12-17)7-14-10-18(11-15(14)8-16)9-13-5-3-2-4-6-13/h2-6,14-15H,7-11H2,1H3/t14-,15+,16-. The van der Waals surface area contributed by atoms with Crippen LogP contribution in [-0.2, 0) is 6.54 Å². The predicted molar refractivity (Wildman–Crippen MR) is 71.7 cm³/mol. The SMILES string of the molecule is C[C@]1(C#N)C[C@H]2CN(Cc3ccccc3)C[C@H]2C1. The Bertz CT molecular complexity index is 446. The van der Waals surface area contributed by atoms with Crippen LogP contribution < -0.4 is 0 Å². The maximum atomic E-state index is 9.22. The van der Waals surface area contributed by atoms with Crippen LogP contribution in [0.1, 0.15) is 25.3 Å². The van der Waals surface area contributed by atoms with Crippen LogP contribution in [0.4, 0.5) is 0 Å². The molecule has 3 rings (SSSR count). The van der Waals surface area contributed by atoms with E-state index in [1.165, 1.54) is 18.7 Å². The topological polar surface area (TPSA) is 27.0 Å². The fraction of sp³-hybridized carbons (Fsp3) is 0.562. The van der Waals surface area contributed by atoms with Gasteiger partial charge in [0, 0.05) is 19.6 Å². The van der Waals surface area contributed by atoms with Crippen LogP contribution >= 0.6 is 0 Å². The first kappa shape index (κ1) is 11.7. The van der Waals surface area contributed by atoms with Crippen molar-refractivity contribution in [1.29, 1.82) is 5.26 Å². The van der Waals surface area contributed by atoms with Gasteiger partial charge < -0.3 is 0 Å². The first-order valence-electron chi connectivity index (χ1n) is 6.86. The number of rotatable bonds is 2. The van der Waals surface area contributed by atoms with Gasteiger partial charge in [0.25, 0.3) is 0 Å². The number of likely N-dealkylation sites (tertiary alicyclic amines) is 1. The molecule has 2 fully saturated rings. The second kappa shape index (κ2) is 4.40. The van der Waals surface area contributed by atoms with Gasteiger partial charge in [-0.1, -0.05) is 30.3 Å². The Morgan fingerprint density at radius 3 is 2.39 bits per heavy atom. The Kier molecular flexibility index (Phi) is 2.87. The summed E-state index contributed by atoms with van der Waals surface area (Å²) >= 11 is 0. The molecule has 2 heteroatoms. The molecule has 0 radical (unpaired) electrons. The Balaban J connectivity index is 1.61. The minimum absolute atomic E-state index is 0.0475. The molecule has 0 N–H and O–H groups in total. The van der Waals surface area contributed by atoms with Crippen molar-refractivity contribution in [3.05, 3.63) is 35.9 Å². The van der Waals surface area contributed by atoms with E-state index in [-0.39, 0.29) is 5.41 Å². The zero-order valence-corrected chi connectivity index (χ0v) is 11.0. The van der Waals surface area contributed by atoms with E-state index in [1.54, 1.807) is 0 Å². The van der Waals surface area contributed by atoms with E-state index >= 15 is 0 Å². The summed E-state index contributed by atoms with van der Waals surface area (Å²) in [7, 11) is 0. The summed E-state index contributed by atoms with van der Waals surface area (Å²) in [5.41, 5.74) is 1.36. The third kappa shape index (κ3) is 2.15. The largest absolute Gasteiger partial charge is 0.299 e. The molecule has 0 aromatic heterocycles. The van der Waals surface area contributed by atoms with E-state index in [2.05, 4.69) is 48.2 Å². The van der Waals surface area contributed by atoms with Crippen molar-refractivity contribution < 1.29 is 0 Å². The maximum absolute atomic E-state index is 9.22. The number of nitrogens with zero attached hydrogens (tertiary/aromatic N) is 2. The van der Waals surface area contributed by atoms with E-state index in [0.29, 0.717) is 0 Å². The number of fused-ring (bicyclic) bond motifs is 1. The molecule has 1 aromatic rings. The highest BCUT2D eigenvalue weighted by atomic mass is 15.2. The van der Waals surface area contributed by atoms with Gasteiger partial charge in [0.2, 0.25) is 0 Å². The normalized spacial score (nSPS) is 35.3. The highest BCUT2D eigenvalue weighted by molar-refractivity contribution is 5.15. The molecule has 0 amide bonds. The Hall–Kier alpha value is -1.33. The van der Waals surface area contributed by atoms with Gasteiger partial charge >= 0.3 is 0 Å². The van der Waals surface area contributed by atoms with Crippen molar-refractivity contribution in [1.82, 2.24) is 4.90 Å². The first-order chi connectivity index (χ1) is 8.68. The van der Waals surface area contributed by atoms with Gasteiger partial charge in [0.15, 0.2) is 0 Å². The zero-order valence-electron chi connectivity index (χ0n) is 11.0. The fourth-order valence-corrected chi connectivity index (χ4v) is 3.80. The summed E-state index contributed by atoms with van der Waals surface area (Å²) in [5.74, 6) is 1.50. The quantitative estimate of drug-likeness (QED) is 0.794. The lowest BCUT2D eigenvalue weighted by atomic mass is 9.89. The summed E-state index contributed by atoms with van der Waals surface area (Å²) in [5, 5.41) is 9.22. The zero-order chi connectivity index (χ0) is 12.6. The van der Waals surface area contributed by atoms with Crippen LogP contribution in [0.25, 0.3) is 0 Å². The highest BCUT2D eigenvalue weighted by Crippen LogP contribution is 2.48. The van der Waals surface area contributed by atoms with Crippen LogP contribution in [-0.4, -0.2) is 18.0 Å². The van der Waals surface area contributed by atoms with Gasteiger partial charge in [0.1, 0.15) is 0 Å². The molecule has 0 bridgehead atoms. The number of hydrogen-bond acceptors (Lipinski definition) is 2. The molecule has 1 aliphatic heterocycles. The van der Waals surface area contributed by atoms with E-state index in [9.17, 15) is 5.26 Å². The van der Waals surface area contributed by atoms with E-state index in [4.69, 9.17) is 0 Å².